The fraction of sp³-hybridized carbons (Fsp3) is 0.348. The molecule has 2 aromatic rings. The zero-order valence-corrected chi connectivity index (χ0v) is 16.8. The van der Waals surface area contributed by atoms with E-state index >= 15 is 0 Å². The van der Waals surface area contributed by atoms with Gasteiger partial charge in [-0.1, -0.05) is 11.6 Å². The van der Waals surface area contributed by atoms with Crippen LogP contribution in [0.4, 0.5) is 0 Å². The summed E-state index contributed by atoms with van der Waals surface area (Å²) in [5.41, 5.74) is 2.90. The number of rotatable bonds is 5. The molecule has 0 aromatic heterocycles. The van der Waals surface area contributed by atoms with Crippen LogP contribution in [-0.2, 0) is 13.0 Å². The zero-order valence-electron chi connectivity index (χ0n) is 16.8. The first-order chi connectivity index (χ1) is 14.5. The van der Waals surface area contributed by atoms with Gasteiger partial charge in [0.15, 0.2) is 5.78 Å². The van der Waals surface area contributed by atoms with Crippen LogP contribution in [0, 0.1) is 0 Å². The highest BCUT2D eigenvalue weighted by molar-refractivity contribution is 6.05. The second kappa shape index (κ2) is 8.01. The predicted octanol–water partition coefficient (Wildman–Crippen LogP) is 2.49. The lowest BCUT2D eigenvalue weighted by Gasteiger charge is -2.38. The molecule has 2 atom stereocenters. The van der Waals surface area contributed by atoms with Crippen molar-refractivity contribution >= 4 is 5.78 Å². The molecule has 0 aliphatic carbocycles. The summed E-state index contributed by atoms with van der Waals surface area (Å²) in [6, 6.07) is 6.48. The van der Waals surface area contributed by atoms with Gasteiger partial charge in [-0.2, -0.15) is 0 Å². The Morgan fingerprint density at radius 3 is 2.80 bits per heavy atom. The van der Waals surface area contributed by atoms with Crippen LogP contribution in [0.2, 0.25) is 0 Å². The maximum atomic E-state index is 13.5. The topological polar surface area (TPSA) is 105 Å². The highest BCUT2D eigenvalue weighted by atomic mass is 16.5. The van der Waals surface area contributed by atoms with E-state index in [0.29, 0.717) is 45.9 Å². The molecule has 4 rings (SSSR count). The van der Waals surface area contributed by atoms with E-state index in [1.165, 1.54) is 13.2 Å². The van der Waals surface area contributed by atoms with Crippen LogP contribution in [0.15, 0.2) is 35.9 Å². The minimum Gasteiger partial charge on any atom is -0.508 e. The molecule has 0 bridgehead atoms. The quantitative estimate of drug-likeness (QED) is 0.648. The van der Waals surface area contributed by atoms with Crippen molar-refractivity contribution in [3.63, 3.8) is 0 Å². The van der Waals surface area contributed by atoms with Gasteiger partial charge in [0.1, 0.15) is 35.7 Å². The van der Waals surface area contributed by atoms with Gasteiger partial charge in [-0.05, 0) is 37.6 Å². The Labute approximate surface area is 174 Å². The highest BCUT2D eigenvalue weighted by Crippen LogP contribution is 2.47. The number of Topliss-reactive ketones (excluding diaryl/α,β-unsaturated/α-hetero) is 1. The van der Waals surface area contributed by atoms with Gasteiger partial charge in [0.05, 0.1) is 31.8 Å². The number of carbonyl (C=O) groups excluding carboxylic acids is 1. The number of methoxy groups -OCH3 is 1. The summed E-state index contributed by atoms with van der Waals surface area (Å²) < 4.78 is 17.4. The average Bonchev–Trinajstić information content (AvgIpc) is 2.76. The van der Waals surface area contributed by atoms with Gasteiger partial charge >= 0.3 is 0 Å². The Hall–Kier alpha value is -3.03. The van der Waals surface area contributed by atoms with E-state index < -0.39 is 12.0 Å². The van der Waals surface area contributed by atoms with E-state index in [2.05, 4.69) is 0 Å². The molecule has 2 aromatic carbocycles. The molecule has 2 aliphatic rings. The second-order valence-corrected chi connectivity index (χ2v) is 7.52. The summed E-state index contributed by atoms with van der Waals surface area (Å²) in [4.78, 5) is 13.5. The molecule has 0 saturated carbocycles. The van der Waals surface area contributed by atoms with Crippen molar-refractivity contribution in [1.29, 1.82) is 0 Å². The third-order valence-corrected chi connectivity index (χ3v) is 5.65. The fourth-order valence-electron chi connectivity index (χ4n) is 3.98. The van der Waals surface area contributed by atoms with Crippen LogP contribution >= 0.6 is 0 Å². The Morgan fingerprint density at radius 1 is 1.30 bits per heavy atom. The van der Waals surface area contributed by atoms with E-state index in [9.17, 15) is 20.1 Å². The Kier molecular flexibility index (Phi) is 5.40. The van der Waals surface area contributed by atoms with Gasteiger partial charge in [-0.25, -0.2) is 0 Å². The van der Waals surface area contributed by atoms with Crippen molar-refractivity contribution in [3.8, 4) is 23.0 Å². The van der Waals surface area contributed by atoms with E-state index in [1.54, 1.807) is 31.2 Å². The average molecular weight is 412 g/mol. The lowest BCUT2D eigenvalue weighted by atomic mass is 9.81. The lowest BCUT2D eigenvalue weighted by Crippen LogP contribution is -2.43. The number of phenolic OH excluding ortho intramolecular Hbond substituents is 1. The normalized spacial score (nSPS) is 19.9. The first kappa shape index (κ1) is 20.3. The number of aliphatic hydroxyl groups excluding tert-OH is 2. The van der Waals surface area contributed by atoms with E-state index in [0.717, 1.165) is 5.57 Å². The SMILES string of the molecule is COc1cc2c(cc1CO)OC[C@H]1Oc3c(ccc(O)c3CC=C(C)CO)C(=O)[C@@H]21. The van der Waals surface area contributed by atoms with Gasteiger partial charge in [0.25, 0.3) is 0 Å². The molecule has 0 unspecified atom stereocenters. The number of hydrogen-bond donors (Lipinski definition) is 3. The van der Waals surface area contributed by atoms with Crippen LogP contribution in [0.25, 0.3) is 0 Å². The third kappa shape index (κ3) is 3.30. The zero-order chi connectivity index (χ0) is 21.4. The molecule has 7 nitrogen and oxygen atoms in total. The number of carbonyl (C=O) groups is 1. The van der Waals surface area contributed by atoms with Gasteiger partial charge in [0, 0.05) is 16.7 Å². The number of aliphatic hydroxyl groups is 2. The number of fused-ring (bicyclic) bond motifs is 4. The molecule has 0 saturated heterocycles. The van der Waals surface area contributed by atoms with Crippen LogP contribution in [-0.4, -0.2) is 47.5 Å². The van der Waals surface area contributed by atoms with Gasteiger partial charge < -0.3 is 29.5 Å². The molecule has 0 spiro atoms. The van der Waals surface area contributed by atoms with Crippen molar-refractivity contribution in [2.45, 2.75) is 32.0 Å². The minimum absolute atomic E-state index is 0.0355. The number of hydrogen-bond acceptors (Lipinski definition) is 7. The van der Waals surface area contributed by atoms with Gasteiger partial charge in [-0.15, -0.1) is 0 Å². The minimum atomic E-state index is -0.574. The molecule has 0 fully saturated rings. The van der Waals surface area contributed by atoms with E-state index in [-0.39, 0.29) is 31.4 Å². The summed E-state index contributed by atoms with van der Waals surface area (Å²) in [7, 11) is 1.51. The maximum Gasteiger partial charge on any atom is 0.178 e. The Bertz CT molecular complexity index is 1020. The fourth-order valence-corrected chi connectivity index (χ4v) is 3.98. The van der Waals surface area contributed by atoms with Crippen molar-refractivity contribution in [1.82, 2.24) is 0 Å². The van der Waals surface area contributed by atoms with E-state index in [4.69, 9.17) is 14.2 Å². The van der Waals surface area contributed by atoms with Crippen LogP contribution < -0.4 is 14.2 Å². The van der Waals surface area contributed by atoms with Gasteiger partial charge in [-0.3, -0.25) is 4.79 Å². The molecular formula is C23H24O7. The molecule has 0 amide bonds. The molecule has 0 radical (unpaired) electrons. The highest BCUT2D eigenvalue weighted by Gasteiger charge is 2.44. The predicted molar refractivity (Wildman–Crippen MR) is 109 cm³/mol. The smallest absolute Gasteiger partial charge is 0.178 e. The van der Waals surface area contributed by atoms with Crippen molar-refractivity contribution < 1.29 is 34.3 Å². The number of aromatic hydroxyl groups is 1. The molecule has 2 heterocycles. The van der Waals surface area contributed by atoms with E-state index in [1.807, 2.05) is 0 Å². The Morgan fingerprint density at radius 2 is 2.10 bits per heavy atom. The summed E-state index contributed by atoms with van der Waals surface area (Å²) >= 11 is 0. The largest absolute Gasteiger partial charge is 0.508 e. The first-order valence-electron chi connectivity index (χ1n) is 9.75. The second-order valence-electron chi connectivity index (χ2n) is 7.52. The van der Waals surface area contributed by atoms with Crippen molar-refractivity contribution in [3.05, 3.63) is 58.2 Å². The summed E-state index contributed by atoms with van der Waals surface area (Å²) in [5, 5.41) is 29.2. The maximum absolute atomic E-state index is 13.5. The number of allylic oxidation sites excluding steroid dienone is 1. The molecule has 2 aliphatic heterocycles. The summed E-state index contributed by atoms with van der Waals surface area (Å²) in [5.74, 6) is 0.712. The number of phenols is 1. The number of ether oxygens (including phenoxy) is 3. The third-order valence-electron chi connectivity index (χ3n) is 5.65. The lowest BCUT2D eigenvalue weighted by molar-refractivity contribution is 0.0553. The first-order valence-corrected chi connectivity index (χ1v) is 9.75. The monoisotopic (exact) mass is 412 g/mol. The molecule has 158 valence electrons. The molecular weight excluding hydrogens is 388 g/mol. The van der Waals surface area contributed by atoms with Crippen molar-refractivity contribution in [2.24, 2.45) is 0 Å². The molecule has 30 heavy (non-hydrogen) atoms. The summed E-state index contributed by atoms with van der Waals surface area (Å²) in [6.07, 6.45) is 1.58. The van der Waals surface area contributed by atoms with Crippen LogP contribution in [0.3, 0.4) is 0 Å². The van der Waals surface area contributed by atoms with Crippen LogP contribution in [0.1, 0.15) is 39.9 Å². The standard InChI is InChI=1S/C23H24O7/c1-12(9-24)3-4-14-17(26)6-5-15-22(27)21-16-8-18(28-2)13(10-25)7-19(16)29-11-20(21)30-23(14)15/h3,5-8,20-21,24-26H,4,9-11H2,1-2H3/t20-,21+/m1/s1. The molecule has 3 N–H and O–H groups in total. The summed E-state index contributed by atoms with van der Waals surface area (Å²) in [6.45, 7) is 1.67. The Balaban J connectivity index is 1.78. The van der Waals surface area contributed by atoms with Crippen LogP contribution in [0.5, 0.6) is 23.0 Å². The number of ketones is 1. The van der Waals surface area contributed by atoms with Gasteiger partial charge in [0.2, 0.25) is 0 Å². The molecule has 7 heteroatoms. The number of benzene rings is 2. The van der Waals surface area contributed by atoms with Crippen molar-refractivity contribution in [2.75, 3.05) is 20.3 Å².